The van der Waals surface area contributed by atoms with Crippen LogP contribution in [-0.4, -0.2) is 41.0 Å². The molecule has 3 atom stereocenters. The van der Waals surface area contributed by atoms with Crippen molar-refractivity contribution in [3.8, 4) is 0 Å². The Hall–Kier alpha value is -1.45. The molecule has 0 saturated carbocycles. The standard InChI is InChI=1S/C20H24IN3O3/c1-14(27-18-4-2-3-11-25-18)19-22-9-10-24(19)12-17-13-26-20(23-17)15-5-7-16(21)8-6-15/h5-10,14,17-18H,2-4,11-13H2,1H3/t14-,17?,18?/m0/s1. The van der Waals surface area contributed by atoms with Crippen LogP contribution < -0.4 is 0 Å². The molecule has 0 N–H and O–H groups in total. The van der Waals surface area contributed by atoms with E-state index in [0.717, 1.165) is 49.7 Å². The summed E-state index contributed by atoms with van der Waals surface area (Å²) in [5, 5.41) is 0. The van der Waals surface area contributed by atoms with Crippen LogP contribution >= 0.6 is 22.6 Å². The van der Waals surface area contributed by atoms with Crippen molar-refractivity contribution in [1.29, 1.82) is 0 Å². The molecule has 4 rings (SSSR count). The zero-order chi connectivity index (χ0) is 18.6. The van der Waals surface area contributed by atoms with Gasteiger partial charge in [0.1, 0.15) is 24.6 Å². The maximum Gasteiger partial charge on any atom is 0.216 e. The summed E-state index contributed by atoms with van der Waals surface area (Å²) in [7, 11) is 0. The average Bonchev–Trinajstić information content (AvgIpc) is 3.33. The molecular weight excluding hydrogens is 457 g/mol. The van der Waals surface area contributed by atoms with Crippen LogP contribution in [0.1, 0.15) is 43.7 Å². The summed E-state index contributed by atoms with van der Waals surface area (Å²) in [6.45, 7) is 4.12. The molecule has 1 aromatic carbocycles. The van der Waals surface area contributed by atoms with Gasteiger partial charge in [-0.25, -0.2) is 9.98 Å². The van der Waals surface area contributed by atoms with Gasteiger partial charge < -0.3 is 18.8 Å². The molecule has 2 unspecified atom stereocenters. The lowest BCUT2D eigenvalue weighted by Crippen LogP contribution is -2.25. The normalized spacial score (nSPS) is 23.7. The molecule has 0 aliphatic carbocycles. The molecule has 0 bridgehead atoms. The van der Waals surface area contributed by atoms with Gasteiger partial charge in [0.05, 0.1) is 0 Å². The van der Waals surface area contributed by atoms with Crippen LogP contribution in [0, 0.1) is 3.57 Å². The fourth-order valence-electron chi connectivity index (χ4n) is 3.43. The third-order valence-electron chi connectivity index (χ3n) is 4.82. The summed E-state index contributed by atoms with van der Waals surface area (Å²) in [4.78, 5) is 9.26. The van der Waals surface area contributed by atoms with E-state index in [1.807, 2.05) is 31.5 Å². The Kier molecular flexibility index (Phi) is 6.09. The number of aromatic nitrogens is 2. The Labute approximate surface area is 173 Å². The highest BCUT2D eigenvalue weighted by Crippen LogP contribution is 2.23. The smallest absolute Gasteiger partial charge is 0.216 e. The molecule has 1 fully saturated rings. The van der Waals surface area contributed by atoms with Gasteiger partial charge in [-0.1, -0.05) is 0 Å². The van der Waals surface area contributed by atoms with E-state index in [-0.39, 0.29) is 18.4 Å². The summed E-state index contributed by atoms with van der Waals surface area (Å²) in [5.74, 6) is 1.63. The minimum Gasteiger partial charge on any atom is -0.475 e. The molecule has 1 aromatic heterocycles. The first-order valence-corrected chi connectivity index (χ1v) is 10.5. The lowest BCUT2D eigenvalue weighted by atomic mass is 10.2. The zero-order valence-electron chi connectivity index (χ0n) is 15.4. The van der Waals surface area contributed by atoms with Gasteiger partial charge in [-0.2, -0.15) is 0 Å². The van der Waals surface area contributed by atoms with E-state index in [1.165, 1.54) is 3.57 Å². The molecule has 0 amide bonds. The van der Waals surface area contributed by atoms with Crippen LogP contribution in [0.5, 0.6) is 0 Å². The third-order valence-corrected chi connectivity index (χ3v) is 5.54. The van der Waals surface area contributed by atoms with E-state index < -0.39 is 0 Å². The Morgan fingerprint density at radius 2 is 2.15 bits per heavy atom. The molecule has 144 valence electrons. The first-order valence-electron chi connectivity index (χ1n) is 9.43. The van der Waals surface area contributed by atoms with Crippen molar-refractivity contribution in [1.82, 2.24) is 9.55 Å². The number of rotatable bonds is 6. The SMILES string of the molecule is C[C@H](OC1CCCCO1)c1nccn1CC1COC(c2ccc(I)cc2)=N1. The number of halogens is 1. The monoisotopic (exact) mass is 481 g/mol. The first-order chi connectivity index (χ1) is 13.2. The second-order valence-corrected chi connectivity index (χ2v) is 8.16. The Morgan fingerprint density at radius 3 is 2.93 bits per heavy atom. The minimum absolute atomic E-state index is 0.0744. The van der Waals surface area contributed by atoms with Crippen molar-refractivity contribution in [2.45, 2.75) is 51.2 Å². The molecule has 27 heavy (non-hydrogen) atoms. The molecule has 6 nitrogen and oxygen atoms in total. The lowest BCUT2D eigenvalue weighted by Gasteiger charge is -2.26. The van der Waals surface area contributed by atoms with Gasteiger partial charge in [-0.3, -0.25) is 0 Å². The highest BCUT2D eigenvalue weighted by atomic mass is 127. The number of hydrogen-bond donors (Lipinski definition) is 0. The second kappa shape index (κ2) is 8.70. The molecule has 1 saturated heterocycles. The van der Waals surface area contributed by atoms with Crippen LogP contribution in [0.2, 0.25) is 0 Å². The summed E-state index contributed by atoms with van der Waals surface area (Å²) >= 11 is 2.30. The number of nitrogens with zero attached hydrogens (tertiary/aromatic N) is 3. The van der Waals surface area contributed by atoms with Crippen molar-refractivity contribution in [2.24, 2.45) is 4.99 Å². The predicted octanol–water partition coefficient (Wildman–Crippen LogP) is 3.94. The molecular formula is C20H24IN3O3. The van der Waals surface area contributed by atoms with Crippen molar-refractivity contribution in [2.75, 3.05) is 13.2 Å². The molecule has 2 aliphatic rings. The first kappa shape index (κ1) is 18.9. The molecule has 0 spiro atoms. The van der Waals surface area contributed by atoms with Crippen molar-refractivity contribution >= 4 is 28.5 Å². The van der Waals surface area contributed by atoms with Crippen LogP contribution in [0.3, 0.4) is 0 Å². The van der Waals surface area contributed by atoms with Crippen LogP contribution in [0.25, 0.3) is 0 Å². The van der Waals surface area contributed by atoms with Gasteiger partial charge in [0, 0.05) is 34.7 Å². The highest BCUT2D eigenvalue weighted by Gasteiger charge is 2.24. The third kappa shape index (κ3) is 4.70. The minimum atomic E-state index is -0.126. The summed E-state index contributed by atoms with van der Waals surface area (Å²) in [5.41, 5.74) is 1.02. The van der Waals surface area contributed by atoms with E-state index in [1.54, 1.807) is 0 Å². The summed E-state index contributed by atoms with van der Waals surface area (Å²) < 4.78 is 20.9. The van der Waals surface area contributed by atoms with Crippen LogP contribution in [-0.2, 0) is 20.8 Å². The van der Waals surface area contributed by atoms with E-state index in [2.05, 4.69) is 44.3 Å². The lowest BCUT2D eigenvalue weighted by molar-refractivity contribution is -0.188. The zero-order valence-corrected chi connectivity index (χ0v) is 17.5. The molecule has 0 radical (unpaired) electrons. The quantitative estimate of drug-likeness (QED) is 0.587. The van der Waals surface area contributed by atoms with Gasteiger partial charge in [0.2, 0.25) is 5.90 Å². The van der Waals surface area contributed by atoms with Gasteiger partial charge >= 0.3 is 0 Å². The van der Waals surface area contributed by atoms with Gasteiger partial charge in [0.15, 0.2) is 6.29 Å². The Morgan fingerprint density at radius 1 is 1.30 bits per heavy atom. The number of ether oxygens (including phenoxy) is 3. The van der Waals surface area contributed by atoms with Crippen molar-refractivity contribution < 1.29 is 14.2 Å². The maximum absolute atomic E-state index is 6.07. The van der Waals surface area contributed by atoms with E-state index >= 15 is 0 Å². The fraction of sp³-hybridized carbons (Fsp3) is 0.500. The van der Waals surface area contributed by atoms with Gasteiger partial charge in [-0.15, -0.1) is 0 Å². The Balaban J connectivity index is 1.40. The number of imidazole rings is 1. The van der Waals surface area contributed by atoms with Gasteiger partial charge in [0.25, 0.3) is 0 Å². The van der Waals surface area contributed by atoms with Crippen molar-refractivity contribution in [3.05, 3.63) is 51.6 Å². The van der Waals surface area contributed by atoms with Crippen LogP contribution in [0.4, 0.5) is 0 Å². The summed E-state index contributed by atoms with van der Waals surface area (Å²) in [6, 6.07) is 8.30. The largest absolute Gasteiger partial charge is 0.475 e. The average molecular weight is 481 g/mol. The van der Waals surface area contributed by atoms with E-state index in [9.17, 15) is 0 Å². The molecule has 3 heterocycles. The number of benzene rings is 1. The van der Waals surface area contributed by atoms with E-state index in [4.69, 9.17) is 19.2 Å². The highest BCUT2D eigenvalue weighted by molar-refractivity contribution is 14.1. The molecule has 7 heteroatoms. The molecule has 2 aromatic rings. The number of aliphatic imine (C=N–C) groups is 1. The van der Waals surface area contributed by atoms with Gasteiger partial charge in [-0.05, 0) is 73.0 Å². The number of hydrogen-bond acceptors (Lipinski definition) is 5. The van der Waals surface area contributed by atoms with E-state index in [0.29, 0.717) is 6.61 Å². The Bertz CT molecular complexity index is 784. The fourth-order valence-corrected chi connectivity index (χ4v) is 3.79. The predicted molar refractivity (Wildman–Crippen MR) is 111 cm³/mol. The topological polar surface area (TPSA) is 57.9 Å². The van der Waals surface area contributed by atoms with Crippen molar-refractivity contribution in [3.63, 3.8) is 0 Å². The second-order valence-electron chi connectivity index (χ2n) is 6.92. The summed E-state index contributed by atoms with van der Waals surface area (Å²) in [6.07, 6.45) is 6.77. The van der Waals surface area contributed by atoms with Crippen LogP contribution in [0.15, 0.2) is 41.7 Å². The maximum atomic E-state index is 6.07. The molecule has 2 aliphatic heterocycles.